The first kappa shape index (κ1) is 19.0. The van der Waals surface area contributed by atoms with Gasteiger partial charge >= 0.3 is 6.01 Å². The number of hydrogen-bond acceptors (Lipinski definition) is 7. The molecular weight excluding hydrogens is 342 g/mol. The number of aryl methyl sites for hydroxylation is 1. The summed E-state index contributed by atoms with van der Waals surface area (Å²) in [7, 11) is 0. The predicted octanol–water partition coefficient (Wildman–Crippen LogP) is 3.13. The Labute approximate surface area is 158 Å². The Bertz CT molecular complexity index is 883. The standard InChI is InChI=1S/C20H25N5O2/c1-13(2)10-16(11-26)23-19-17-18(22-9-8-21-17)24-20(25-19)27-12-15-6-4-14(3)5-7-15/h4-9,13,16,26H,10-12H2,1-3H3,(H,22,23,24,25)/t16-/m1/s1. The third-order valence-electron chi connectivity index (χ3n) is 4.12. The van der Waals surface area contributed by atoms with Crippen LogP contribution in [0, 0.1) is 12.8 Å². The lowest BCUT2D eigenvalue weighted by Gasteiger charge is -2.19. The number of aliphatic hydroxyl groups excluding tert-OH is 1. The summed E-state index contributed by atoms with van der Waals surface area (Å²) in [5.41, 5.74) is 3.24. The molecular formula is C20H25N5O2. The van der Waals surface area contributed by atoms with Crippen molar-refractivity contribution < 1.29 is 9.84 Å². The normalized spacial score (nSPS) is 12.3. The van der Waals surface area contributed by atoms with Crippen LogP contribution in [0.4, 0.5) is 5.82 Å². The van der Waals surface area contributed by atoms with Crippen molar-refractivity contribution >= 4 is 17.0 Å². The number of anilines is 1. The van der Waals surface area contributed by atoms with Gasteiger partial charge in [0.1, 0.15) is 6.61 Å². The molecule has 142 valence electrons. The number of nitrogens with zero attached hydrogens (tertiary/aromatic N) is 4. The van der Waals surface area contributed by atoms with Crippen LogP contribution in [0.3, 0.4) is 0 Å². The number of hydrogen-bond donors (Lipinski definition) is 2. The van der Waals surface area contributed by atoms with Crippen LogP contribution in [0.1, 0.15) is 31.4 Å². The number of rotatable bonds is 8. The minimum Gasteiger partial charge on any atom is -0.458 e. The van der Waals surface area contributed by atoms with E-state index in [9.17, 15) is 5.11 Å². The van der Waals surface area contributed by atoms with Crippen molar-refractivity contribution in [3.63, 3.8) is 0 Å². The third-order valence-corrected chi connectivity index (χ3v) is 4.12. The molecule has 3 aromatic rings. The Hall–Kier alpha value is -2.80. The number of fused-ring (bicyclic) bond motifs is 1. The topological polar surface area (TPSA) is 93.0 Å². The van der Waals surface area contributed by atoms with E-state index in [-0.39, 0.29) is 18.7 Å². The van der Waals surface area contributed by atoms with Crippen molar-refractivity contribution in [1.29, 1.82) is 0 Å². The van der Waals surface area contributed by atoms with E-state index in [0.717, 1.165) is 12.0 Å². The molecule has 7 heteroatoms. The summed E-state index contributed by atoms with van der Waals surface area (Å²) < 4.78 is 5.78. The van der Waals surface area contributed by atoms with Gasteiger partial charge in [-0.25, -0.2) is 9.97 Å². The molecule has 0 aliphatic carbocycles. The second-order valence-electron chi connectivity index (χ2n) is 7.01. The fraction of sp³-hybridized carbons (Fsp3) is 0.400. The van der Waals surface area contributed by atoms with Gasteiger partial charge in [0, 0.05) is 12.4 Å². The molecule has 0 saturated carbocycles. The SMILES string of the molecule is Cc1ccc(COc2nc(N[C@@H](CO)CC(C)C)c3nccnc3n2)cc1. The van der Waals surface area contributed by atoms with Crippen LogP contribution in [0.2, 0.25) is 0 Å². The first-order valence-corrected chi connectivity index (χ1v) is 9.09. The second-order valence-corrected chi connectivity index (χ2v) is 7.01. The van der Waals surface area contributed by atoms with Crippen molar-refractivity contribution in [1.82, 2.24) is 19.9 Å². The summed E-state index contributed by atoms with van der Waals surface area (Å²) in [5.74, 6) is 0.956. The molecule has 0 aliphatic heterocycles. The van der Waals surface area contributed by atoms with E-state index in [1.54, 1.807) is 12.4 Å². The molecule has 2 heterocycles. The van der Waals surface area contributed by atoms with E-state index in [1.165, 1.54) is 5.56 Å². The van der Waals surface area contributed by atoms with Gasteiger partial charge in [-0.15, -0.1) is 0 Å². The molecule has 27 heavy (non-hydrogen) atoms. The monoisotopic (exact) mass is 367 g/mol. The molecule has 0 aliphatic rings. The molecule has 0 unspecified atom stereocenters. The quantitative estimate of drug-likeness (QED) is 0.632. The molecule has 7 nitrogen and oxygen atoms in total. The van der Waals surface area contributed by atoms with Crippen LogP contribution in [-0.2, 0) is 6.61 Å². The fourth-order valence-electron chi connectivity index (χ4n) is 2.78. The maximum absolute atomic E-state index is 9.68. The molecule has 0 saturated heterocycles. The minimum atomic E-state index is -0.130. The van der Waals surface area contributed by atoms with Crippen molar-refractivity contribution in [2.75, 3.05) is 11.9 Å². The van der Waals surface area contributed by atoms with E-state index in [1.807, 2.05) is 31.2 Å². The number of ether oxygens (including phenoxy) is 1. The second kappa shape index (κ2) is 8.73. The molecule has 1 atom stereocenters. The van der Waals surface area contributed by atoms with Crippen molar-refractivity contribution in [3.05, 3.63) is 47.8 Å². The summed E-state index contributed by atoms with van der Waals surface area (Å²) in [6.45, 7) is 6.63. The van der Waals surface area contributed by atoms with Gasteiger partial charge in [0.15, 0.2) is 17.0 Å². The first-order valence-electron chi connectivity index (χ1n) is 9.09. The van der Waals surface area contributed by atoms with Gasteiger partial charge in [-0.3, -0.25) is 0 Å². The van der Waals surface area contributed by atoms with Gasteiger partial charge < -0.3 is 15.2 Å². The zero-order valence-corrected chi connectivity index (χ0v) is 15.9. The average molecular weight is 367 g/mol. The van der Waals surface area contributed by atoms with Crippen molar-refractivity contribution in [2.45, 2.75) is 39.8 Å². The van der Waals surface area contributed by atoms with Gasteiger partial charge in [-0.1, -0.05) is 43.7 Å². The predicted molar refractivity (Wildman–Crippen MR) is 105 cm³/mol. The highest BCUT2D eigenvalue weighted by atomic mass is 16.5. The van der Waals surface area contributed by atoms with E-state index in [0.29, 0.717) is 29.5 Å². The van der Waals surface area contributed by atoms with Crippen LogP contribution in [0.15, 0.2) is 36.7 Å². The molecule has 1 aromatic carbocycles. The molecule has 0 amide bonds. The molecule has 2 aromatic heterocycles. The highest BCUT2D eigenvalue weighted by Gasteiger charge is 2.16. The summed E-state index contributed by atoms with van der Waals surface area (Å²) in [6.07, 6.45) is 3.99. The zero-order chi connectivity index (χ0) is 19.2. The van der Waals surface area contributed by atoms with Gasteiger partial charge in [0.2, 0.25) is 0 Å². The van der Waals surface area contributed by atoms with E-state index in [2.05, 4.69) is 39.1 Å². The molecule has 2 N–H and O–H groups in total. The van der Waals surface area contributed by atoms with Crippen LogP contribution in [-0.4, -0.2) is 37.7 Å². The molecule has 3 rings (SSSR count). The van der Waals surface area contributed by atoms with Crippen LogP contribution in [0.25, 0.3) is 11.2 Å². The van der Waals surface area contributed by atoms with E-state index >= 15 is 0 Å². The lowest BCUT2D eigenvalue weighted by Crippen LogP contribution is -2.26. The smallest absolute Gasteiger partial charge is 0.320 e. The van der Waals surface area contributed by atoms with Crippen LogP contribution in [0.5, 0.6) is 6.01 Å². The van der Waals surface area contributed by atoms with Crippen molar-refractivity contribution in [3.8, 4) is 6.01 Å². The highest BCUT2D eigenvalue weighted by molar-refractivity contribution is 5.82. The molecule has 0 radical (unpaired) electrons. The van der Waals surface area contributed by atoms with Crippen LogP contribution < -0.4 is 10.1 Å². The Kier molecular flexibility index (Phi) is 6.13. The number of benzene rings is 1. The largest absolute Gasteiger partial charge is 0.458 e. The molecule has 0 bridgehead atoms. The minimum absolute atomic E-state index is 0.00347. The Morgan fingerprint density at radius 3 is 2.52 bits per heavy atom. The van der Waals surface area contributed by atoms with Crippen molar-refractivity contribution in [2.24, 2.45) is 5.92 Å². The lowest BCUT2D eigenvalue weighted by atomic mass is 10.0. The maximum Gasteiger partial charge on any atom is 0.320 e. The number of nitrogens with one attached hydrogen (secondary N) is 1. The summed E-state index contributed by atoms with van der Waals surface area (Å²) in [6, 6.07) is 8.20. The zero-order valence-electron chi connectivity index (χ0n) is 15.9. The van der Waals surface area contributed by atoms with Gasteiger partial charge in [0.25, 0.3) is 0 Å². The third kappa shape index (κ3) is 5.10. The highest BCUT2D eigenvalue weighted by Crippen LogP contribution is 2.22. The summed E-state index contributed by atoms with van der Waals surface area (Å²) in [5, 5.41) is 12.9. The van der Waals surface area contributed by atoms with Crippen LogP contribution >= 0.6 is 0 Å². The van der Waals surface area contributed by atoms with Gasteiger partial charge in [-0.05, 0) is 24.8 Å². The Morgan fingerprint density at radius 1 is 1.07 bits per heavy atom. The summed E-state index contributed by atoms with van der Waals surface area (Å²) in [4.78, 5) is 17.4. The molecule has 0 fully saturated rings. The lowest BCUT2D eigenvalue weighted by molar-refractivity contribution is 0.258. The average Bonchev–Trinajstić information content (AvgIpc) is 2.66. The molecule has 0 spiro atoms. The Balaban J connectivity index is 1.84. The number of aromatic nitrogens is 4. The van der Waals surface area contributed by atoms with Gasteiger partial charge in [0.05, 0.1) is 12.6 Å². The van der Waals surface area contributed by atoms with Gasteiger partial charge in [-0.2, -0.15) is 9.97 Å². The van der Waals surface area contributed by atoms with E-state index < -0.39 is 0 Å². The first-order chi connectivity index (χ1) is 13.0. The maximum atomic E-state index is 9.68. The summed E-state index contributed by atoms with van der Waals surface area (Å²) >= 11 is 0. The number of aliphatic hydroxyl groups is 1. The Morgan fingerprint density at radius 2 is 1.81 bits per heavy atom. The van der Waals surface area contributed by atoms with E-state index in [4.69, 9.17) is 4.74 Å². The fourth-order valence-corrected chi connectivity index (χ4v) is 2.78.